The molecule has 126 valence electrons. The van der Waals surface area contributed by atoms with Crippen LogP contribution < -0.4 is 14.8 Å². The third-order valence-electron chi connectivity index (χ3n) is 4.12. The number of benzene rings is 2. The molecule has 0 aromatic heterocycles. The molecule has 2 aromatic carbocycles. The van der Waals surface area contributed by atoms with E-state index in [1.54, 1.807) is 43.3 Å². The van der Waals surface area contributed by atoms with E-state index in [2.05, 4.69) is 5.32 Å². The molecule has 0 aliphatic carbocycles. The molecular formula is C18H18FNO4. The Morgan fingerprint density at radius 1 is 1.25 bits per heavy atom. The number of amides is 1. The lowest BCUT2D eigenvalue weighted by Crippen LogP contribution is -2.40. The van der Waals surface area contributed by atoms with Gasteiger partial charge < -0.3 is 19.5 Å². The molecule has 3 rings (SSSR count). The second-order valence-corrected chi connectivity index (χ2v) is 5.67. The number of methoxy groups -OCH3 is 1. The summed E-state index contributed by atoms with van der Waals surface area (Å²) in [4.78, 5) is 12.4. The van der Waals surface area contributed by atoms with Crippen molar-refractivity contribution < 1.29 is 23.4 Å². The highest BCUT2D eigenvalue weighted by molar-refractivity contribution is 5.95. The Balaban J connectivity index is 1.74. The molecule has 24 heavy (non-hydrogen) atoms. The first-order valence-electron chi connectivity index (χ1n) is 7.51. The van der Waals surface area contributed by atoms with E-state index in [4.69, 9.17) is 14.2 Å². The standard InChI is InChI=1S/C18H18FNO4/c1-18(22-2,13-5-3-4-6-14(13)19)10-20-17(21)12-7-8-15-16(9-12)24-11-23-15/h3-9H,10-11H2,1-2H3,(H,20,21). The van der Waals surface area contributed by atoms with E-state index < -0.39 is 5.60 Å². The summed E-state index contributed by atoms with van der Waals surface area (Å²) < 4.78 is 30.0. The number of ether oxygens (including phenoxy) is 3. The van der Waals surface area contributed by atoms with Gasteiger partial charge in [0, 0.05) is 18.2 Å². The Morgan fingerprint density at radius 3 is 2.75 bits per heavy atom. The van der Waals surface area contributed by atoms with Crippen molar-refractivity contribution in [3.63, 3.8) is 0 Å². The minimum absolute atomic E-state index is 0.123. The normalized spacial score (nSPS) is 15.0. The second-order valence-electron chi connectivity index (χ2n) is 5.67. The van der Waals surface area contributed by atoms with Gasteiger partial charge in [-0.15, -0.1) is 0 Å². The molecule has 1 heterocycles. The molecule has 0 fully saturated rings. The summed E-state index contributed by atoms with van der Waals surface area (Å²) in [6, 6.07) is 11.3. The first-order valence-corrected chi connectivity index (χ1v) is 7.51. The fourth-order valence-corrected chi connectivity index (χ4v) is 2.56. The Kier molecular flexibility index (Phi) is 4.40. The average Bonchev–Trinajstić information content (AvgIpc) is 3.07. The molecule has 1 aliphatic rings. The quantitative estimate of drug-likeness (QED) is 0.915. The predicted octanol–water partition coefficient (Wildman–Crippen LogP) is 2.85. The van der Waals surface area contributed by atoms with Gasteiger partial charge in [0.2, 0.25) is 6.79 Å². The lowest BCUT2D eigenvalue weighted by atomic mass is 9.95. The summed E-state index contributed by atoms with van der Waals surface area (Å²) in [5, 5.41) is 2.78. The largest absolute Gasteiger partial charge is 0.454 e. The summed E-state index contributed by atoms with van der Waals surface area (Å²) in [5.74, 6) is 0.470. The smallest absolute Gasteiger partial charge is 0.251 e. The van der Waals surface area contributed by atoms with E-state index in [1.807, 2.05) is 0 Å². The van der Waals surface area contributed by atoms with E-state index in [1.165, 1.54) is 13.2 Å². The van der Waals surface area contributed by atoms with Crippen molar-refractivity contribution in [1.29, 1.82) is 0 Å². The van der Waals surface area contributed by atoms with Crippen molar-refractivity contribution >= 4 is 5.91 Å². The maximum Gasteiger partial charge on any atom is 0.251 e. The lowest BCUT2D eigenvalue weighted by Gasteiger charge is -2.29. The molecule has 0 saturated carbocycles. The Morgan fingerprint density at radius 2 is 2.00 bits per heavy atom. The fraction of sp³-hybridized carbons (Fsp3) is 0.278. The number of carbonyl (C=O) groups is 1. The monoisotopic (exact) mass is 331 g/mol. The molecule has 5 nitrogen and oxygen atoms in total. The number of halogens is 1. The first kappa shape index (κ1) is 16.3. The zero-order chi connectivity index (χ0) is 17.2. The topological polar surface area (TPSA) is 56.8 Å². The molecule has 1 aliphatic heterocycles. The van der Waals surface area contributed by atoms with Gasteiger partial charge in [-0.2, -0.15) is 0 Å². The zero-order valence-corrected chi connectivity index (χ0v) is 13.5. The van der Waals surface area contributed by atoms with Crippen LogP contribution in [0, 0.1) is 5.82 Å². The van der Waals surface area contributed by atoms with Crippen LogP contribution in [0.25, 0.3) is 0 Å². The zero-order valence-electron chi connectivity index (χ0n) is 13.5. The molecule has 2 aromatic rings. The molecular weight excluding hydrogens is 313 g/mol. The van der Waals surface area contributed by atoms with Gasteiger partial charge in [0.25, 0.3) is 5.91 Å². The minimum Gasteiger partial charge on any atom is -0.454 e. The maximum atomic E-state index is 14.0. The highest BCUT2D eigenvalue weighted by Gasteiger charge is 2.30. The molecule has 0 saturated heterocycles. The van der Waals surface area contributed by atoms with Crippen molar-refractivity contribution in [1.82, 2.24) is 5.32 Å². The maximum absolute atomic E-state index is 14.0. The van der Waals surface area contributed by atoms with Gasteiger partial charge in [-0.25, -0.2) is 4.39 Å². The molecule has 6 heteroatoms. The Hall–Kier alpha value is -2.60. The van der Waals surface area contributed by atoms with Crippen molar-refractivity contribution in [2.45, 2.75) is 12.5 Å². The molecule has 1 unspecified atom stereocenters. The highest BCUT2D eigenvalue weighted by atomic mass is 19.1. The van der Waals surface area contributed by atoms with Gasteiger partial charge in [-0.05, 0) is 31.2 Å². The van der Waals surface area contributed by atoms with Crippen molar-refractivity contribution in [3.05, 3.63) is 59.4 Å². The SMILES string of the molecule is COC(C)(CNC(=O)c1ccc2c(c1)OCO2)c1ccccc1F. The third-order valence-corrected chi connectivity index (χ3v) is 4.12. The van der Waals surface area contributed by atoms with Crippen LogP contribution in [0.5, 0.6) is 11.5 Å². The van der Waals surface area contributed by atoms with Gasteiger partial charge in [0.15, 0.2) is 11.5 Å². The van der Waals surface area contributed by atoms with Crippen LogP contribution in [0.1, 0.15) is 22.8 Å². The van der Waals surface area contributed by atoms with Crippen LogP contribution in [-0.4, -0.2) is 26.4 Å². The second kappa shape index (κ2) is 6.49. The van der Waals surface area contributed by atoms with Gasteiger partial charge in [-0.3, -0.25) is 4.79 Å². The van der Waals surface area contributed by atoms with Gasteiger partial charge in [-0.1, -0.05) is 18.2 Å². The number of hydrogen-bond acceptors (Lipinski definition) is 4. The Labute approximate surface area is 139 Å². The summed E-state index contributed by atoms with van der Waals surface area (Å²) >= 11 is 0. The lowest BCUT2D eigenvalue weighted by molar-refractivity contribution is 0.000388. The average molecular weight is 331 g/mol. The van der Waals surface area contributed by atoms with Crippen LogP contribution in [0.2, 0.25) is 0 Å². The van der Waals surface area contributed by atoms with Gasteiger partial charge in [0.1, 0.15) is 11.4 Å². The predicted molar refractivity (Wildman–Crippen MR) is 85.7 cm³/mol. The third kappa shape index (κ3) is 3.05. The molecule has 1 amide bonds. The molecule has 0 radical (unpaired) electrons. The van der Waals surface area contributed by atoms with Crippen LogP contribution in [0.4, 0.5) is 4.39 Å². The number of fused-ring (bicyclic) bond motifs is 1. The van der Waals surface area contributed by atoms with Crippen LogP contribution in [0.3, 0.4) is 0 Å². The number of hydrogen-bond donors (Lipinski definition) is 1. The highest BCUT2D eigenvalue weighted by Crippen LogP contribution is 2.32. The first-order chi connectivity index (χ1) is 11.5. The van der Waals surface area contributed by atoms with Crippen LogP contribution in [-0.2, 0) is 10.3 Å². The van der Waals surface area contributed by atoms with Crippen molar-refractivity contribution in [2.75, 3.05) is 20.4 Å². The molecule has 1 atom stereocenters. The minimum atomic E-state index is -0.975. The van der Waals surface area contributed by atoms with E-state index in [-0.39, 0.29) is 25.1 Å². The summed E-state index contributed by atoms with van der Waals surface area (Å²) in [6.07, 6.45) is 0. The fourth-order valence-electron chi connectivity index (χ4n) is 2.56. The summed E-state index contributed by atoms with van der Waals surface area (Å²) in [5.41, 5.74) is -0.151. The van der Waals surface area contributed by atoms with E-state index >= 15 is 0 Å². The Bertz CT molecular complexity index is 764. The molecule has 0 spiro atoms. The van der Waals surface area contributed by atoms with E-state index in [0.29, 0.717) is 22.6 Å². The number of rotatable bonds is 5. The van der Waals surface area contributed by atoms with Gasteiger partial charge in [0.05, 0.1) is 6.54 Å². The van der Waals surface area contributed by atoms with Crippen molar-refractivity contribution in [2.24, 2.45) is 0 Å². The van der Waals surface area contributed by atoms with E-state index in [9.17, 15) is 9.18 Å². The van der Waals surface area contributed by atoms with Crippen molar-refractivity contribution in [3.8, 4) is 11.5 Å². The van der Waals surface area contributed by atoms with Crippen LogP contribution >= 0.6 is 0 Å². The molecule has 0 bridgehead atoms. The van der Waals surface area contributed by atoms with Gasteiger partial charge >= 0.3 is 0 Å². The van der Waals surface area contributed by atoms with E-state index in [0.717, 1.165) is 0 Å². The number of nitrogens with one attached hydrogen (secondary N) is 1. The van der Waals surface area contributed by atoms with Crippen LogP contribution in [0.15, 0.2) is 42.5 Å². The summed E-state index contributed by atoms with van der Waals surface area (Å²) in [7, 11) is 1.49. The summed E-state index contributed by atoms with van der Waals surface area (Å²) in [6.45, 7) is 2.00. The molecule has 1 N–H and O–H groups in total. The number of carbonyl (C=O) groups excluding carboxylic acids is 1.